The first-order valence-corrected chi connectivity index (χ1v) is 5.43. The van der Waals surface area contributed by atoms with Crippen LogP contribution in [0.25, 0.3) is 0 Å². The smallest absolute Gasteiger partial charge is 0.339 e. The van der Waals surface area contributed by atoms with Crippen LogP contribution in [0.15, 0.2) is 12.3 Å². The zero-order valence-corrected chi connectivity index (χ0v) is 10.2. The minimum Gasteiger partial charge on any atom is -0.478 e. The maximum Gasteiger partial charge on any atom is 0.339 e. The fraction of sp³-hybridized carbons (Fsp3) is 0.455. The van der Waals surface area contributed by atoms with Gasteiger partial charge in [0.25, 0.3) is 0 Å². The molecule has 7 nitrogen and oxygen atoms in total. The predicted octanol–water partition coefficient (Wildman–Crippen LogP) is -0.193. The van der Waals surface area contributed by atoms with E-state index in [4.69, 9.17) is 20.7 Å². The van der Waals surface area contributed by atoms with Gasteiger partial charge in [-0.15, -0.1) is 0 Å². The number of carboxylic acid groups (broad SMARTS) is 1. The standard InChI is InChI=1S/C11H17N3O4/c1-18-5-3-14(2-4-15)10-9(11(16)17)6-8(12)7-13-10/h6-7,15H,2-5,12H2,1H3,(H,16,17). The number of hydrogen-bond donors (Lipinski definition) is 3. The Labute approximate surface area is 105 Å². The van der Waals surface area contributed by atoms with Crippen molar-refractivity contribution in [3.05, 3.63) is 17.8 Å². The molecule has 0 bridgehead atoms. The first-order valence-electron chi connectivity index (χ1n) is 5.43. The molecule has 0 saturated heterocycles. The highest BCUT2D eigenvalue weighted by atomic mass is 16.5. The van der Waals surface area contributed by atoms with Gasteiger partial charge in [-0.25, -0.2) is 9.78 Å². The number of aliphatic hydroxyl groups is 1. The van der Waals surface area contributed by atoms with Crippen LogP contribution in [0.5, 0.6) is 0 Å². The molecule has 1 rings (SSSR count). The van der Waals surface area contributed by atoms with Gasteiger partial charge >= 0.3 is 5.97 Å². The van der Waals surface area contributed by atoms with E-state index in [9.17, 15) is 4.79 Å². The zero-order valence-electron chi connectivity index (χ0n) is 10.2. The van der Waals surface area contributed by atoms with Crippen LogP contribution in [0.1, 0.15) is 10.4 Å². The Bertz CT molecular complexity index is 411. The van der Waals surface area contributed by atoms with Gasteiger partial charge in [0.2, 0.25) is 0 Å². The topological polar surface area (TPSA) is 109 Å². The highest BCUT2D eigenvalue weighted by molar-refractivity contribution is 5.94. The van der Waals surface area contributed by atoms with Crippen LogP contribution in [0.3, 0.4) is 0 Å². The lowest BCUT2D eigenvalue weighted by Crippen LogP contribution is -2.32. The van der Waals surface area contributed by atoms with Crippen LogP contribution in [0.4, 0.5) is 11.5 Å². The fourth-order valence-corrected chi connectivity index (χ4v) is 1.53. The molecule has 0 atom stereocenters. The number of carbonyl (C=O) groups is 1. The molecule has 0 amide bonds. The Morgan fingerprint density at radius 1 is 1.56 bits per heavy atom. The van der Waals surface area contributed by atoms with E-state index in [0.29, 0.717) is 13.2 Å². The molecule has 0 aliphatic heterocycles. The quantitative estimate of drug-likeness (QED) is 0.619. The molecule has 0 unspecified atom stereocenters. The summed E-state index contributed by atoms with van der Waals surface area (Å²) in [4.78, 5) is 16.8. The number of anilines is 2. The number of ether oxygens (including phenoxy) is 1. The van der Waals surface area contributed by atoms with Crippen molar-refractivity contribution in [1.82, 2.24) is 4.98 Å². The number of methoxy groups -OCH3 is 1. The number of nitrogens with zero attached hydrogens (tertiary/aromatic N) is 2. The van der Waals surface area contributed by atoms with Crippen molar-refractivity contribution in [3.63, 3.8) is 0 Å². The van der Waals surface area contributed by atoms with Crippen LogP contribution >= 0.6 is 0 Å². The largest absolute Gasteiger partial charge is 0.478 e. The summed E-state index contributed by atoms with van der Waals surface area (Å²) in [7, 11) is 1.55. The van der Waals surface area contributed by atoms with Crippen molar-refractivity contribution in [2.45, 2.75) is 0 Å². The van der Waals surface area contributed by atoms with Gasteiger partial charge in [-0.05, 0) is 6.07 Å². The van der Waals surface area contributed by atoms with Crippen molar-refractivity contribution in [1.29, 1.82) is 0 Å². The van der Waals surface area contributed by atoms with Gasteiger partial charge in [0, 0.05) is 20.2 Å². The van der Waals surface area contributed by atoms with Crippen LogP contribution in [-0.2, 0) is 4.74 Å². The van der Waals surface area contributed by atoms with Crippen molar-refractivity contribution < 1.29 is 19.7 Å². The monoisotopic (exact) mass is 255 g/mol. The molecule has 18 heavy (non-hydrogen) atoms. The van der Waals surface area contributed by atoms with Gasteiger partial charge in [0.05, 0.1) is 25.1 Å². The van der Waals surface area contributed by atoms with Crippen LogP contribution in [0, 0.1) is 0 Å². The SMILES string of the molecule is COCCN(CCO)c1ncc(N)cc1C(=O)O. The van der Waals surface area contributed by atoms with E-state index in [0.717, 1.165) is 0 Å². The number of rotatable bonds is 7. The summed E-state index contributed by atoms with van der Waals surface area (Å²) in [5.74, 6) is -0.826. The van der Waals surface area contributed by atoms with Gasteiger partial charge in [0.1, 0.15) is 11.4 Å². The van der Waals surface area contributed by atoms with E-state index in [1.165, 1.54) is 12.3 Å². The lowest BCUT2D eigenvalue weighted by atomic mass is 10.2. The molecule has 0 spiro atoms. The molecule has 100 valence electrons. The summed E-state index contributed by atoms with van der Waals surface area (Å²) in [6.07, 6.45) is 1.39. The molecule has 0 aliphatic carbocycles. The molecule has 1 aromatic heterocycles. The zero-order chi connectivity index (χ0) is 13.5. The number of nitrogen functional groups attached to an aromatic ring is 1. The number of pyridine rings is 1. The van der Waals surface area contributed by atoms with Crippen LogP contribution < -0.4 is 10.6 Å². The second-order valence-electron chi connectivity index (χ2n) is 3.65. The molecule has 0 fully saturated rings. The Morgan fingerprint density at radius 2 is 2.28 bits per heavy atom. The first kappa shape index (κ1) is 14.2. The van der Waals surface area contributed by atoms with Crippen molar-refractivity contribution >= 4 is 17.5 Å². The predicted molar refractivity (Wildman–Crippen MR) is 66.8 cm³/mol. The molecule has 0 aromatic carbocycles. The van der Waals surface area contributed by atoms with Crippen LogP contribution in [-0.4, -0.2) is 54.6 Å². The van der Waals surface area contributed by atoms with Crippen LogP contribution in [0.2, 0.25) is 0 Å². The lowest BCUT2D eigenvalue weighted by Gasteiger charge is -2.23. The number of aromatic carboxylic acids is 1. The van der Waals surface area contributed by atoms with E-state index < -0.39 is 5.97 Å². The van der Waals surface area contributed by atoms with E-state index in [1.807, 2.05) is 0 Å². The number of aromatic nitrogens is 1. The van der Waals surface area contributed by atoms with Crippen molar-refractivity contribution in [2.75, 3.05) is 44.0 Å². The highest BCUT2D eigenvalue weighted by Crippen LogP contribution is 2.19. The number of carboxylic acids is 1. The normalized spacial score (nSPS) is 10.3. The van der Waals surface area contributed by atoms with E-state index in [2.05, 4.69) is 4.98 Å². The summed E-state index contributed by atoms with van der Waals surface area (Å²) >= 11 is 0. The average Bonchev–Trinajstić information content (AvgIpc) is 2.34. The number of nitrogens with two attached hydrogens (primary N) is 1. The number of aliphatic hydroxyl groups excluding tert-OH is 1. The second kappa shape index (κ2) is 6.77. The van der Waals surface area contributed by atoms with E-state index >= 15 is 0 Å². The lowest BCUT2D eigenvalue weighted by molar-refractivity contribution is 0.0697. The maximum absolute atomic E-state index is 11.1. The maximum atomic E-state index is 11.1. The van der Waals surface area contributed by atoms with E-state index in [-0.39, 0.29) is 30.2 Å². The average molecular weight is 255 g/mol. The molecular formula is C11H17N3O4. The Kier molecular flexibility index (Phi) is 5.34. The second-order valence-corrected chi connectivity index (χ2v) is 3.65. The van der Waals surface area contributed by atoms with Crippen molar-refractivity contribution in [2.24, 2.45) is 0 Å². The molecule has 1 heterocycles. The van der Waals surface area contributed by atoms with Gasteiger partial charge in [0.15, 0.2) is 0 Å². The molecule has 1 aromatic rings. The number of hydrogen-bond acceptors (Lipinski definition) is 6. The fourth-order valence-electron chi connectivity index (χ4n) is 1.53. The molecule has 7 heteroatoms. The van der Waals surface area contributed by atoms with Gasteiger partial charge in [-0.3, -0.25) is 0 Å². The first-order chi connectivity index (χ1) is 8.60. The highest BCUT2D eigenvalue weighted by Gasteiger charge is 2.17. The third-order valence-electron chi connectivity index (χ3n) is 2.35. The van der Waals surface area contributed by atoms with E-state index in [1.54, 1.807) is 12.0 Å². The molecule has 4 N–H and O–H groups in total. The Balaban J connectivity index is 3.05. The minimum atomic E-state index is -1.11. The third-order valence-corrected chi connectivity index (χ3v) is 2.35. The summed E-state index contributed by atoms with van der Waals surface area (Å²) in [5.41, 5.74) is 5.82. The third kappa shape index (κ3) is 3.57. The molecule has 0 radical (unpaired) electrons. The summed E-state index contributed by atoms with van der Waals surface area (Å²) < 4.78 is 4.94. The molecule has 0 saturated carbocycles. The van der Waals surface area contributed by atoms with Gasteiger partial charge in [-0.2, -0.15) is 0 Å². The van der Waals surface area contributed by atoms with Crippen molar-refractivity contribution in [3.8, 4) is 0 Å². The Hall–Kier alpha value is -1.86. The van der Waals surface area contributed by atoms with Gasteiger partial charge < -0.3 is 25.6 Å². The minimum absolute atomic E-state index is 0.0135. The Morgan fingerprint density at radius 3 is 2.83 bits per heavy atom. The summed E-state index contributed by atoms with van der Waals surface area (Å²) in [6.45, 7) is 1.02. The summed E-state index contributed by atoms with van der Waals surface area (Å²) in [6, 6.07) is 1.35. The van der Waals surface area contributed by atoms with Gasteiger partial charge in [-0.1, -0.05) is 0 Å². The summed E-state index contributed by atoms with van der Waals surface area (Å²) in [5, 5.41) is 18.1. The molecular weight excluding hydrogens is 238 g/mol. The molecule has 0 aliphatic rings.